The number of rotatable bonds is 1. The Hall–Kier alpha value is -1.88. The van der Waals surface area contributed by atoms with Gasteiger partial charge in [-0.25, -0.2) is 9.78 Å². The first-order valence-corrected chi connectivity index (χ1v) is 5.75. The van der Waals surface area contributed by atoms with Crippen molar-refractivity contribution in [3.8, 4) is 0 Å². The Balaban J connectivity index is 2.53. The first-order valence-electron chi connectivity index (χ1n) is 4.96. The number of hydrogen-bond acceptors (Lipinski definition) is 2. The average Bonchev–Trinajstić information content (AvgIpc) is 2.72. The molecule has 0 aliphatic heterocycles. The van der Waals surface area contributed by atoms with Crippen molar-refractivity contribution in [3.63, 3.8) is 0 Å². The molecule has 2 aromatic heterocycles. The summed E-state index contributed by atoms with van der Waals surface area (Å²) in [5.74, 6) is -0.982. The molecule has 0 aliphatic carbocycles. The highest BCUT2D eigenvalue weighted by atomic mass is 79.9. The van der Waals surface area contributed by atoms with E-state index in [0.29, 0.717) is 5.65 Å². The van der Waals surface area contributed by atoms with Crippen molar-refractivity contribution in [2.45, 2.75) is 0 Å². The predicted molar refractivity (Wildman–Crippen MR) is 67.4 cm³/mol. The summed E-state index contributed by atoms with van der Waals surface area (Å²) in [6.45, 7) is 0. The van der Waals surface area contributed by atoms with Gasteiger partial charge in [0.1, 0.15) is 5.65 Å². The van der Waals surface area contributed by atoms with Gasteiger partial charge in [0, 0.05) is 16.1 Å². The molecule has 2 heterocycles. The number of carboxylic acids is 1. The van der Waals surface area contributed by atoms with E-state index in [1.54, 1.807) is 10.6 Å². The van der Waals surface area contributed by atoms with Crippen molar-refractivity contribution in [2.24, 2.45) is 0 Å². The lowest BCUT2D eigenvalue weighted by atomic mass is 10.2. The maximum atomic E-state index is 11.0. The molecule has 1 aromatic carbocycles. The molecule has 0 amide bonds. The molecule has 0 saturated carbocycles. The summed E-state index contributed by atoms with van der Waals surface area (Å²) in [7, 11) is 0. The van der Waals surface area contributed by atoms with Gasteiger partial charge in [-0.3, -0.25) is 4.40 Å². The first-order chi connectivity index (χ1) is 8.18. The molecule has 84 valence electrons. The maximum absolute atomic E-state index is 11.0. The third-order valence-corrected chi connectivity index (χ3v) is 3.35. The average molecular weight is 291 g/mol. The number of hydrogen-bond donors (Lipinski definition) is 1. The Morgan fingerprint density at radius 2 is 2.18 bits per heavy atom. The van der Waals surface area contributed by atoms with Gasteiger partial charge >= 0.3 is 5.97 Å². The van der Waals surface area contributed by atoms with Crippen LogP contribution in [0.5, 0.6) is 0 Å². The van der Waals surface area contributed by atoms with E-state index in [1.807, 2.05) is 24.3 Å². The number of pyridine rings is 1. The second-order valence-corrected chi connectivity index (χ2v) is 4.52. The molecule has 0 bridgehead atoms. The van der Waals surface area contributed by atoms with Gasteiger partial charge in [-0.2, -0.15) is 0 Å². The quantitative estimate of drug-likeness (QED) is 0.750. The largest absolute Gasteiger partial charge is 0.477 e. The summed E-state index contributed by atoms with van der Waals surface area (Å²) in [4.78, 5) is 15.2. The molecule has 0 aliphatic rings. The minimum absolute atomic E-state index is 0.164. The van der Waals surface area contributed by atoms with Crippen LogP contribution in [0.4, 0.5) is 0 Å². The number of carboxylic acid groups (broad SMARTS) is 1. The Kier molecular flexibility index (Phi) is 2.16. The van der Waals surface area contributed by atoms with Gasteiger partial charge in [-0.15, -0.1) is 0 Å². The fourth-order valence-electron chi connectivity index (χ4n) is 1.93. The van der Waals surface area contributed by atoms with E-state index in [1.165, 1.54) is 6.20 Å². The fraction of sp³-hybridized carbons (Fsp3) is 0. The van der Waals surface area contributed by atoms with Crippen molar-refractivity contribution in [3.05, 3.63) is 46.8 Å². The van der Waals surface area contributed by atoms with Crippen LogP contribution in [0.1, 0.15) is 10.5 Å². The fourth-order valence-corrected chi connectivity index (χ4v) is 2.48. The molecule has 0 atom stereocenters. The zero-order valence-electron chi connectivity index (χ0n) is 8.59. The van der Waals surface area contributed by atoms with E-state index in [-0.39, 0.29) is 5.69 Å². The van der Waals surface area contributed by atoms with E-state index in [9.17, 15) is 4.79 Å². The molecule has 5 heteroatoms. The van der Waals surface area contributed by atoms with Crippen LogP contribution in [0.25, 0.3) is 16.4 Å². The molecule has 0 fully saturated rings. The van der Waals surface area contributed by atoms with E-state index < -0.39 is 5.97 Å². The number of nitrogens with zero attached hydrogens (tertiary/aromatic N) is 2. The second kappa shape index (κ2) is 3.56. The number of halogens is 1. The zero-order valence-corrected chi connectivity index (χ0v) is 10.2. The summed E-state index contributed by atoms with van der Waals surface area (Å²) in [6.07, 6.45) is 3.09. The maximum Gasteiger partial charge on any atom is 0.354 e. The van der Waals surface area contributed by atoms with Crippen LogP contribution in [0.2, 0.25) is 0 Å². The second-order valence-electron chi connectivity index (χ2n) is 3.66. The highest BCUT2D eigenvalue weighted by molar-refractivity contribution is 9.10. The molecular weight excluding hydrogens is 284 g/mol. The van der Waals surface area contributed by atoms with Gasteiger partial charge in [0.25, 0.3) is 0 Å². The third kappa shape index (κ3) is 1.43. The lowest BCUT2D eigenvalue weighted by Gasteiger charge is -2.03. The Bertz CT molecular complexity index is 749. The topological polar surface area (TPSA) is 54.6 Å². The molecule has 17 heavy (non-hydrogen) atoms. The first kappa shape index (κ1) is 10.3. The van der Waals surface area contributed by atoms with Gasteiger partial charge in [0.2, 0.25) is 0 Å². The number of fused-ring (bicyclic) bond motifs is 3. The number of imidazole rings is 1. The van der Waals surface area contributed by atoms with Gasteiger partial charge < -0.3 is 5.11 Å². The monoisotopic (exact) mass is 290 g/mol. The predicted octanol–water partition coefficient (Wildman–Crippen LogP) is 2.95. The van der Waals surface area contributed by atoms with Crippen molar-refractivity contribution in [1.29, 1.82) is 0 Å². The van der Waals surface area contributed by atoms with Crippen molar-refractivity contribution < 1.29 is 9.90 Å². The van der Waals surface area contributed by atoms with Crippen molar-refractivity contribution in [1.82, 2.24) is 9.38 Å². The van der Waals surface area contributed by atoms with Crippen LogP contribution >= 0.6 is 15.9 Å². The van der Waals surface area contributed by atoms with E-state index >= 15 is 0 Å². The Labute approximate surface area is 105 Å². The van der Waals surface area contributed by atoms with E-state index in [0.717, 1.165) is 15.2 Å². The zero-order chi connectivity index (χ0) is 12.0. The van der Waals surface area contributed by atoms with Gasteiger partial charge in [0.15, 0.2) is 5.69 Å². The minimum Gasteiger partial charge on any atom is -0.477 e. The molecule has 3 rings (SSSR count). The van der Waals surface area contributed by atoms with Crippen molar-refractivity contribution in [2.75, 3.05) is 0 Å². The summed E-state index contributed by atoms with van der Waals surface area (Å²) >= 11 is 3.46. The number of benzene rings is 1. The van der Waals surface area contributed by atoms with Crippen LogP contribution in [-0.2, 0) is 0 Å². The SMILES string of the molecule is O=C(O)c1cnc2c3c(Br)cccc3ccn12. The summed E-state index contributed by atoms with van der Waals surface area (Å²) < 4.78 is 2.48. The Morgan fingerprint density at radius 3 is 2.94 bits per heavy atom. The normalized spacial score (nSPS) is 11.1. The third-order valence-electron chi connectivity index (χ3n) is 2.69. The molecular formula is C12H7BrN2O2. The molecule has 1 N–H and O–H groups in total. The molecule has 3 aromatic rings. The van der Waals surface area contributed by atoms with E-state index in [2.05, 4.69) is 20.9 Å². The van der Waals surface area contributed by atoms with Gasteiger partial charge in [-0.1, -0.05) is 28.1 Å². The summed E-state index contributed by atoms with van der Waals surface area (Å²) in [5, 5.41) is 11.0. The number of aromatic carboxylic acids is 1. The Morgan fingerprint density at radius 1 is 1.35 bits per heavy atom. The number of aromatic nitrogens is 2. The smallest absolute Gasteiger partial charge is 0.354 e. The molecule has 0 radical (unpaired) electrons. The van der Waals surface area contributed by atoms with Gasteiger partial charge in [0.05, 0.1) is 6.20 Å². The van der Waals surface area contributed by atoms with Crippen LogP contribution in [0.15, 0.2) is 41.1 Å². The van der Waals surface area contributed by atoms with Crippen LogP contribution < -0.4 is 0 Å². The van der Waals surface area contributed by atoms with Crippen molar-refractivity contribution >= 4 is 38.3 Å². The van der Waals surface area contributed by atoms with Crippen LogP contribution in [-0.4, -0.2) is 20.5 Å². The molecule has 0 unspecified atom stereocenters. The van der Waals surface area contributed by atoms with E-state index in [4.69, 9.17) is 5.11 Å². The molecule has 0 saturated heterocycles. The minimum atomic E-state index is -0.982. The molecule has 4 nitrogen and oxygen atoms in total. The molecule has 0 spiro atoms. The summed E-state index contributed by atoms with van der Waals surface area (Å²) in [5.41, 5.74) is 0.810. The highest BCUT2D eigenvalue weighted by Crippen LogP contribution is 2.27. The van der Waals surface area contributed by atoms with Gasteiger partial charge in [-0.05, 0) is 17.5 Å². The van der Waals surface area contributed by atoms with Crippen LogP contribution in [0, 0.1) is 0 Å². The van der Waals surface area contributed by atoms with Crippen LogP contribution in [0.3, 0.4) is 0 Å². The number of carbonyl (C=O) groups is 1. The summed E-state index contributed by atoms with van der Waals surface area (Å²) in [6, 6.07) is 7.69. The lowest BCUT2D eigenvalue weighted by molar-refractivity contribution is 0.0689. The standard InChI is InChI=1S/C12H7BrN2O2/c13-8-3-1-2-7-4-5-15-9(12(16)17)6-14-11(15)10(7)8/h1-6H,(H,16,17). The lowest BCUT2D eigenvalue weighted by Crippen LogP contribution is -2.01. The highest BCUT2D eigenvalue weighted by Gasteiger charge is 2.13.